The van der Waals surface area contributed by atoms with E-state index in [0.29, 0.717) is 17.7 Å². The van der Waals surface area contributed by atoms with Crippen molar-refractivity contribution in [1.29, 1.82) is 0 Å². The standard InChI is InChI=1S/C15H24N2O5S/c1-11-5-6-13(23(19,20)16-7-8-21-3)9-14(11)15(18)17-12(2)10-22-4/h5-6,9,12,16H,7-8,10H2,1-4H3,(H,17,18). The number of hydrogen-bond acceptors (Lipinski definition) is 5. The maximum atomic E-state index is 12.3. The highest BCUT2D eigenvalue weighted by Crippen LogP contribution is 2.16. The van der Waals surface area contributed by atoms with E-state index in [1.165, 1.54) is 19.2 Å². The number of nitrogens with one attached hydrogen (secondary N) is 2. The van der Waals surface area contributed by atoms with Gasteiger partial charge in [-0.2, -0.15) is 0 Å². The van der Waals surface area contributed by atoms with Crippen LogP contribution in [0.4, 0.5) is 0 Å². The van der Waals surface area contributed by atoms with E-state index in [4.69, 9.17) is 9.47 Å². The van der Waals surface area contributed by atoms with Gasteiger partial charge >= 0.3 is 0 Å². The van der Waals surface area contributed by atoms with Crippen molar-refractivity contribution in [1.82, 2.24) is 10.0 Å². The van der Waals surface area contributed by atoms with E-state index in [9.17, 15) is 13.2 Å². The van der Waals surface area contributed by atoms with Gasteiger partial charge in [-0.05, 0) is 31.5 Å². The van der Waals surface area contributed by atoms with Gasteiger partial charge in [0.25, 0.3) is 5.91 Å². The molecule has 1 rings (SSSR count). The number of hydrogen-bond donors (Lipinski definition) is 2. The van der Waals surface area contributed by atoms with Crippen LogP contribution in [0.2, 0.25) is 0 Å². The second-order valence-corrected chi connectivity index (χ2v) is 6.96. The van der Waals surface area contributed by atoms with Crippen LogP contribution in [0.25, 0.3) is 0 Å². The van der Waals surface area contributed by atoms with Gasteiger partial charge in [0.1, 0.15) is 0 Å². The lowest BCUT2D eigenvalue weighted by atomic mass is 10.1. The molecule has 2 N–H and O–H groups in total. The number of benzene rings is 1. The molecule has 0 saturated carbocycles. The second kappa shape index (κ2) is 8.97. The summed E-state index contributed by atoms with van der Waals surface area (Å²) in [4.78, 5) is 12.3. The minimum Gasteiger partial charge on any atom is -0.383 e. The summed E-state index contributed by atoms with van der Waals surface area (Å²) >= 11 is 0. The number of carbonyl (C=O) groups excluding carboxylic acids is 1. The van der Waals surface area contributed by atoms with Gasteiger partial charge in [0.05, 0.1) is 18.1 Å². The minimum absolute atomic E-state index is 0.0451. The Bertz CT molecular complexity index is 631. The number of carbonyl (C=O) groups is 1. The maximum Gasteiger partial charge on any atom is 0.251 e. The zero-order valence-electron chi connectivity index (χ0n) is 13.9. The van der Waals surface area contributed by atoms with Crippen LogP contribution in [-0.4, -0.2) is 54.3 Å². The highest BCUT2D eigenvalue weighted by atomic mass is 32.2. The van der Waals surface area contributed by atoms with Crippen molar-refractivity contribution in [3.8, 4) is 0 Å². The summed E-state index contributed by atoms with van der Waals surface area (Å²) in [5.41, 5.74) is 1.02. The molecule has 7 nitrogen and oxygen atoms in total. The van der Waals surface area contributed by atoms with E-state index in [0.717, 1.165) is 0 Å². The topological polar surface area (TPSA) is 93.7 Å². The Morgan fingerprint density at radius 1 is 1.26 bits per heavy atom. The number of rotatable bonds is 9. The first-order valence-corrected chi connectivity index (χ1v) is 8.69. The van der Waals surface area contributed by atoms with E-state index in [1.54, 1.807) is 20.1 Å². The summed E-state index contributed by atoms with van der Waals surface area (Å²) in [6.45, 7) is 4.38. The Hall–Kier alpha value is -1.48. The van der Waals surface area contributed by atoms with E-state index in [2.05, 4.69) is 10.0 Å². The van der Waals surface area contributed by atoms with Crippen LogP contribution < -0.4 is 10.0 Å². The Morgan fingerprint density at radius 2 is 1.96 bits per heavy atom. The van der Waals surface area contributed by atoms with Crippen LogP contribution in [0.5, 0.6) is 0 Å². The molecule has 1 aromatic carbocycles. The lowest BCUT2D eigenvalue weighted by Crippen LogP contribution is -2.36. The Kier molecular flexibility index (Phi) is 7.63. The van der Waals surface area contributed by atoms with Crippen LogP contribution in [0, 0.1) is 6.92 Å². The molecule has 0 aliphatic rings. The molecular formula is C15H24N2O5S. The largest absolute Gasteiger partial charge is 0.383 e. The summed E-state index contributed by atoms with van der Waals surface area (Å²) in [6, 6.07) is 4.28. The molecule has 0 fully saturated rings. The summed E-state index contributed by atoms with van der Waals surface area (Å²) in [6.07, 6.45) is 0. The van der Waals surface area contributed by atoms with Crippen molar-refractivity contribution in [2.45, 2.75) is 24.8 Å². The molecule has 0 bridgehead atoms. The summed E-state index contributed by atoms with van der Waals surface area (Å²) in [5, 5.41) is 2.77. The molecule has 130 valence electrons. The van der Waals surface area contributed by atoms with Crippen LogP contribution in [0.1, 0.15) is 22.8 Å². The molecule has 1 amide bonds. The molecule has 8 heteroatoms. The van der Waals surface area contributed by atoms with Gasteiger partial charge in [-0.25, -0.2) is 13.1 Å². The number of amides is 1. The monoisotopic (exact) mass is 344 g/mol. The fraction of sp³-hybridized carbons (Fsp3) is 0.533. The van der Waals surface area contributed by atoms with Gasteiger partial charge in [-0.3, -0.25) is 4.79 Å². The average Bonchev–Trinajstić information content (AvgIpc) is 2.47. The third kappa shape index (κ3) is 5.91. The van der Waals surface area contributed by atoms with Crippen molar-refractivity contribution >= 4 is 15.9 Å². The van der Waals surface area contributed by atoms with E-state index in [1.807, 2.05) is 6.92 Å². The molecule has 0 aliphatic carbocycles. The molecule has 0 aromatic heterocycles. The minimum atomic E-state index is -3.68. The van der Waals surface area contributed by atoms with E-state index < -0.39 is 10.0 Å². The molecule has 1 aromatic rings. The van der Waals surface area contributed by atoms with Crippen LogP contribution >= 0.6 is 0 Å². The highest BCUT2D eigenvalue weighted by molar-refractivity contribution is 7.89. The fourth-order valence-electron chi connectivity index (χ4n) is 1.97. The van der Waals surface area contributed by atoms with Crippen molar-refractivity contribution in [3.63, 3.8) is 0 Å². The predicted molar refractivity (Wildman–Crippen MR) is 87.0 cm³/mol. The normalized spacial score (nSPS) is 12.9. The quantitative estimate of drug-likeness (QED) is 0.643. The van der Waals surface area contributed by atoms with Crippen molar-refractivity contribution < 1.29 is 22.7 Å². The first-order valence-electron chi connectivity index (χ1n) is 7.21. The lowest BCUT2D eigenvalue weighted by molar-refractivity contribution is 0.0904. The third-order valence-electron chi connectivity index (χ3n) is 3.16. The zero-order valence-corrected chi connectivity index (χ0v) is 14.7. The molecule has 0 heterocycles. The predicted octanol–water partition coefficient (Wildman–Crippen LogP) is 0.684. The van der Waals surface area contributed by atoms with Gasteiger partial charge in [0, 0.05) is 32.4 Å². The molecule has 1 atom stereocenters. The van der Waals surface area contributed by atoms with E-state index in [-0.39, 0.29) is 30.0 Å². The van der Waals surface area contributed by atoms with Crippen molar-refractivity contribution in [2.75, 3.05) is 34.0 Å². The van der Waals surface area contributed by atoms with Crippen LogP contribution in [0.15, 0.2) is 23.1 Å². The lowest BCUT2D eigenvalue weighted by Gasteiger charge is -2.15. The third-order valence-corrected chi connectivity index (χ3v) is 4.62. The maximum absolute atomic E-state index is 12.3. The molecule has 1 unspecified atom stereocenters. The van der Waals surface area contributed by atoms with Crippen molar-refractivity contribution in [3.05, 3.63) is 29.3 Å². The second-order valence-electron chi connectivity index (χ2n) is 5.20. The molecule has 0 aliphatic heterocycles. The van der Waals surface area contributed by atoms with Gasteiger partial charge in [-0.1, -0.05) is 6.07 Å². The molecular weight excluding hydrogens is 320 g/mol. The Balaban J connectivity index is 2.96. The highest BCUT2D eigenvalue weighted by Gasteiger charge is 2.18. The Labute approximate surface area is 137 Å². The van der Waals surface area contributed by atoms with Crippen LogP contribution in [0.3, 0.4) is 0 Å². The van der Waals surface area contributed by atoms with Gasteiger partial charge < -0.3 is 14.8 Å². The van der Waals surface area contributed by atoms with Crippen LogP contribution in [-0.2, 0) is 19.5 Å². The average molecular weight is 344 g/mol. The van der Waals surface area contributed by atoms with Gasteiger partial charge in [0.2, 0.25) is 10.0 Å². The molecule has 0 radical (unpaired) electrons. The molecule has 0 spiro atoms. The summed E-state index contributed by atoms with van der Waals surface area (Å²) in [7, 11) is -0.640. The van der Waals surface area contributed by atoms with E-state index >= 15 is 0 Å². The number of aryl methyl sites for hydroxylation is 1. The SMILES string of the molecule is COCCNS(=O)(=O)c1ccc(C)c(C(=O)NC(C)COC)c1. The number of ether oxygens (including phenoxy) is 2. The first kappa shape index (κ1) is 19.6. The summed E-state index contributed by atoms with van der Waals surface area (Å²) < 4.78 is 36.6. The first-order chi connectivity index (χ1) is 10.8. The fourth-order valence-corrected chi connectivity index (χ4v) is 3.01. The smallest absolute Gasteiger partial charge is 0.251 e. The summed E-state index contributed by atoms with van der Waals surface area (Å²) in [5.74, 6) is -0.332. The molecule has 23 heavy (non-hydrogen) atoms. The number of sulfonamides is 1. The zero-order chi connectivity index (χ0) is 17.5. The molecule has 0 saturated heterocycles. The van der Waals surface area contributed by atoms with Gasteiger partial charge in [-0.15, -0.1) is 0 Å². The van der Waals surface area contributed by atoms with Gasteiger partial charge in [0.15, 0.2) is 0 Å². The number of methoxy groups -OCH3 is 2. The Morgan fingerprint density at radius 3 is 2.57 bits per heavy atom. The van der Waals surface area contributed by atoms with Crippen molar-refractivity contribution in [2.24, 2.45) is 0 Å².